The van der Waals surface area contributed by atoms with E-state index < -0.39 is 29.5 Å². The zero-order valence-electron chi connectivity index (χ0n) is 25.9. The molecule has 4 rings (SSSR count). The molecular formula is C32H33BrN2O10S. The molecule has 1 aliphatic rings. The van der Waals surface area contributed by atoms with E-state index in [0.29, 0.717) is 37.7 Å². The summed E-state index contributed by atoms with van der Waals surface area (Å²) in [5, 5.41) is 0. The molecule has 0 radical (unpaired) electrons. The van der Waals surface area contributed by atoms with Gasteiger partial charge < -0.3 is 28.4 Å². The highest BCUT2D eigenvalue weighted by molar-refractivity contribution is 9.10. The number of halogens is 1. The number of ether oxygens (including phenoxy) is 6. The van der Waals surface area contributed by atoms with Gasteiger partial charge in [-0.3, -0.25) is 9.36 Å². The number of methoxy groups -OCH3 is 1. The second-order valence-corrected chi connectivity index (χ2v) is 11.5. The Balaban J connectivity index is 1.87. The lowest BCUT2D eigenvalue weighted by atomic mass is 9.95. The minimum Gasteiger partial charge on any atom is -0.490 e. The van der Waals surface area contributed by atoms with Crippen molar-refractivity contribution < 1.29 is 42.8 Å². The van der Waals surface area contributed by atoms with Gasteiger partial charge in [-0.05, 0) is 69.7 Å². The van der Waals surface area contributed by atoms with Crippen molar-refractivity contribution in [2.45, 2.75) is 33.7 Å². The van der Waals surface area contributed by atoms with E-state index in [4.69, 9.17) is 23.7 Å². The number of fused-ring (bicyclic) bond motifs is 1. The fourth-order valence-electron chi connectivity index (χ4n) is 4.63. The minimum atomic E-state index is -0.923. The Morgan fingerprint density at radius 2 is 1.61 bits per heavy atom. The van der Waals surface area contributed by atoms with Gasteiger partial charge in [0.25, 0.3) is 5.56 Å². The Morgan fingerprint density at radius 1 is 0.913 bits per heavy atom. The summed E-state index contributed by atoms with van der Waals surface area (Å²) in [5.41, 5.74) is 1.23. The van der Waals surface area contributed by atoms with Gasteiger partial charge in [0.2, 0.25) is 0 Å². The van der Waals surface area contributed by atoms with Crippen LogP contribution in [0, 0.1) is 0 Å². The normalized spacial score (nSPS) is 14.2. The zero-order chi connectivity index (χ0) is 33.4. The van der Waals surface area contributed by atoms with Crippen molar-refractivity contribution in [2.24, 2.45) is 4.99 Å². The van der Waals surface area contributed by atoms with Gasteiger partial charge in [-0.2, -0.15) is 0 Å². The lowest BCUT2D eigenvalue weighted by Gasteiger charge is -2.25. The summed E-state index contributed by atoms with van der Waals surface area (Å²) in [5.74, 6) is -0.750. The summed E-state index contributed by atoms with van der Waals surface area (Å²) in [6.07, 6.45) is 1.64. The summed E-state index contributed by atoms with van der Waals surface area (Å²) < 4.78 is 34.6. The molecule has 2 heterocycles. The molecule has 2 aromatic carbocycles. The molecule has 46 heavy (non-hydrogen) atoms. The SMILES string of the molecule is CCOC(=O)COc1ccc(Br)cc1/C=c1/sc2n(c1=O)[C@@H](c1ccc(OCC(=O)OC)c(OCC)c1)C(C(=O)OCC)=C(C)N=2. The lowest BCUT2D eigenvalue weighted by Crippen LogP contribution is -2.40. The summed E-state index contributed by atoms with van der Waals surface area (Å²) in [6.45, 7) is 6.86. The lowest BCUT2D eigenvalue weighted by molar-refractivity contribution is -0.145. The molecule has 0 saturated carbocycles. The van der Waals surface area contributed by atoms with Gasteiger partial charge in [0.1, 0.15) is 5.75 Å². The maximum absolute atomic E-state index is 14.1. The number of thiazole rings is 1. The molecule has 0 unspecified atom stereocenters. The van der Waals surface area contributed by atoms with Crippen LogP contribution in [0.1, 0.15) is 44.9 Å². The average Bonchev–Trinajstić information content (AvgIpc) is 3.33. The van der Waals surface area contributed by atoms with Gasteiger partial charge in [0, 0.05) is 10.0 Å². The van der Waals surface area contributed by atoms with Crippen LogP contribution in [0.5, 0.6) is 17.2 Å². The van der Waals surface area contributed by atoms with Crippen molar-refractivity contribution in [2.75, 3.05) is 40.1 Å². The van der Waals surface area contributed by atoms with Crippen molar-refractivity contribution in [3.8, 4) is 17.2 Å². The predicted octanol–water partition coefficient (Wildman–Crippen LogP) is 3.45. The first-order valence-corrected chi connectivity index (χ1v) is 16.0. The van der Waals surface area contributed by atoms with Crippen molar-refractivity contribution in [3.63, 3.8) is 0 Å². The summed E-state index contributed by atoms with van der Waals surface area (Å²) in [7, 11) is 1.26. The molecule has 244 valence electrons. The number of esters is 3. The van der Waals surface area contributed by atoms with Crippen molar-refractivity contribution >= 4 is 51.3 Å². The maximum atomic E-state index is 14.1. The number of carbonyl (C=O) groups excluding carboxylic acids is 3. The summed E-state index contributed by atoms with van der Waals surface area (Å²) in [6, 6.07) is 9.21. The Labute approximate surface area is 277 Å². The number of rotatable bonds is 13. The Kier molecular flexibility index (Phi) is 11.8. The second-order valence-electron chi connectivity index (χ2n) is 9.58. The quantitative estimate of drug-likeness (QED) is 0.191. The fraction of sp³-hybridized carbons (Fsp3) is 0.344. The van der Waals surface area contributed by atoms with Gasteiger partial charge in [0.05, 0.1) is 48.8 Å². The van der Waals surface area contributed by atoms with E-state index in [9.17, 15) is 19.2 Å². The Morgan fingerprint density at radius 3 is 2.30 bits per heavy atom. The van der Waals surface area contributed by atoms with E-state index in [0.717, 1.165) is 15.8 Å². The highest BCUT2D eigenvalue weighted by Crippen LogP contribution is 2.36. The molecule has 0 N–H and O–H groups in total. The van der Waals surface area contributed by atoms with E-state index in [1.54, 1.807) is 70.2 Å². The van der Waals surface area contributed by atoms with E-state index >= 15 is 0 Å². The number of allylic oxidation sites excluding steroid dienone is 1. The second kappa shape index (κ2) is 15.7. The number of nitrogens with zero attached hydrogens (tertiary/aromatic N) is 2. The van der Waals surface area contributed by atoms with Crippen LogP contribution in [0.2, 0.25) is 0 Å². The van der Waals surface area contributed by atoms with Gasteiger partial charge in [-0.1, -0.05) is 33.3 Å². The zero-order valence-corrected chi connectivity index (χ0v) is 28.3. The molecule has 1 aromatic heterocycles. The molecule has 1 aliphatic heterocycles. The van der Waals surface area contributed by atoms with E-state index in [1.807, 2.05) is 0 Å². The van der Waals surface area contributed by atoms with Crippen LogP contribution in [0.4, 0.5) is 0 Å². The van der Waals surface area contributed by atoms with Gasteiger partial charge in [-0.15, -0.1) is 0 Å². The number of hydrogen-bond acceptors (Lipinski definition) is 12. The first kappa shape index (κ1) is 34.4. The third kappa shape index (κ3) is 7.85. The molecule has 0 bridgehead atoms. The number of aromatic nitrogens is 1. The van der Waals surface area contributed by atoms with Crippen molar-refractivity contribution in [1.82, 2.24) is 4.57 Å². The molecule has 14 heteroatoms. The highest BCUT2D eigenvalue weighted by atomic mass is 79.9. The first-order valence-electron chi connectivity index (χ1n) is 14.4. The highest BCUT2D eigenvalue weighted by Gasteiger charge is 2.34. The molecule has 0 fully saturated rings. The van der Waals surface area contributed by atoms with Gasteiger partial charge in [-0.25, -0.2) is 19.4 Å². The smallest absolute Gasteiger partial charge is 0.344 e. The summed E-state index contributed by atoms with van der Waals surface area (Å²) in [4.78, 5) is 56.1. The molecule has 0 spiro atoms. The molecule has 0 amide bonds. The summed E-state index contributed by atoms with van der Waals surface area (Å²) >= 11 is 4.59. The van der Waals surface area contributed by atoms with Crippen molar-refractivity contribution in [1.29, 1.82) is 0 Å². The van der Waals surface area contributed by atoms with Crippen LogP contribution in [0.25, 0.3) is 6.08 Å². The van der Waals surface area contributed by atoms with Crippen LogP contribution in [-0.4, -0.2) is 62.6 Å². The minimum absolute atomic E-state index is 0.120. The first-order chi connectivity index (χ1) is 22.1. The Bertz CT molecular complexity index is 1850. The van der Waals surface area contributed by atoms with E-state index in [-0.39, 0.29) is 44.4 Å². The standard InChI is InChI=1S/C32H33BrN2O10S/c1-6-41-24-14-19(9-11-23(24)45-16-26(36)40-5)29-28(31(39)43-8-3)18(4)34-32-35(29)30(38)25(46-32)15-20-13-21(33)10-12-22(20)44-17-27(37)42-7-2/h9-15,29H,6-8,16-17H2,1-5H3/b25-15+/t29-/m0/s1. The fourth-order valence-corrected chi connectivity index (χ4v) is 6.05. The molecular weight excluding hydrogens is 684 g/mol. The predicted molar refractivity (Wildman–Crippen MR) is 172 cm³/mol. The largest absolute Gasteiger partial charge is 0.490 e. The molecule has 12 nitrogen and oxygen atoms in total. The van der Waals surface area contributed by atoms with E-state index in [1.165, 1.54) is 11.7 Å². The third-order valence-electron chi connectivity index (χ3n) is 6.58. The molecule has 1 atom stereocenters. The van der Waals surface area contributed by atoms with Crippen LogP contribution in [0.3, 0.4) is 0 Å². The average molecular weight is 718 g/mol. The van der Waals surface area contributed by atoms with Gasteiger partial charge in [0.15, 0.2) is 29.5 Å². The van der Waals surface area contributed by atoms with E-state index in [2.05, 4.69) is 25.7 Å². The van der Waals surface area contributed by atoms with Gasteiger partial charge >= 0.3 is 17.9 Å². The third-order valence-corrected chi connectivity index (χ3v) is 8.06. The monoisotopic (exact) mass is 716 g/mol. The maximum Gasteiger partial charge on any atom is 0.344 e. The molecule has 0 saturated heterocycles. The topological polar surface area (TPSA) is 141 Å². The van der Waals surface area contributed by atoms with Crippen LogP contribution in [-0.2, 0) is 28.6 Å². The van der Waals surface area contributed by atoms with Crippen molar-refractivity contribution in [3.05, 3.63) is 83.0 Å². The Hall–Kier alpha value is -4.43. The van der Waals surface area contributed by atoms with Crippen LogP contribution < -0.4 is 29.1 Å². The number of hydrogen-bond donors (Lipinski definition) is 0. The molecule has 0 aliphatic carbocycles. The van der Waals surface area contributed by atoms with Crippen LogP contribution in [0.15, 0.2) is 61.9 Å². The number of benzene rings is 2. The number of carbonyl (C=O) groups is 3. The van der Waals surface area contributed by atoms with Crippen LogP contribution >= 0.6 is 27.3 Å². The molecule has 3 aromatic rings.